The summed E-state index contributed by atoms with van der Waals surface area (Å²) in [4.78, 5) is 59.2. The lowest BCUT2D eigenvalue weighted by atomic mass is 10.1. The van der Waals surface area contributed by atoms with Crippen LogP contribution in [0.15, 0.2) is 79.4 Å². The molecular weight excluding hydrogens is 515 g/mol. The first-order valence-corrected chi connectivity index (χ1v) is 11.2. The van der Waals surface area contributed by atoms with E-state index >= 15 is 0 Å². The highest BCUT2D eigenvalue weighted by Crippen LogP contribution is 2.23. The number of halogens is 1. The van der Waals surface area contributed by atoms with Crippen molar-refractivity contribution in [2.75, 3.05) is 6.79 Å². The van der Waals surface area contributed by atoms with Crippen molar-refractivity contribution in [3.05, 3.63) is 102 Å². The average molecular weight is 536 g/mol. The van der Waals surface area contributed by atoms with Crippen LogP contribution in [-0.4, -0.2) is 36.6 Å². The molecule has 0 radical (unpaired) electrons. The van der Waals surface area contributed by atoms with Crippen LogP contribution in [0.5, 0.6) is 17.2 Å². The Morgan fingerprint density at radius 2 is 1.33 bits per heavy atom. The molecule has 0 aromatic heterocycles. The van der Waals surface area contributed by atoms with Gasteiger partial charge in [-0.25, -0.2) is 18.8 Å². The second-order valence-electron chi connectivity index (χ2n) is 7.69. The van der Waals surface area contributed by atoms with E-state index in [-0.39, 0.29) is 28.4 Å². The van der Waals surface area contributed by atoms with Gasteiger partial charge in [-0.3, -0.25) is 9.59 Å². The molecule has 0 amide bonds. The zero-order chi connectivity index (χ0) is 28.4. The van der Waals surface area contributed by atoms with Crippen molar-refractivity contribution in [2.24, 2.45) is 0 Å². The standard InChI is InChI=1S/C28H21FO10/c1-3-24(30)35-16-36-25(31)15-26(32)37-21-9-4-18(5-10-21)27(33)39-23-13-6-19(14-17(23)2)28(34)38-22-11-7-20(29)8-12-22/h3-14H,1,15-16H2,2H3. The number of aryl methyl sites for hydroxylation is 1. The summed E-state index contributed by atoms with van der Waals surface area (Å²) in [6.45, 7) is 4.14. The molecule has 0 heterocycles. The minimum absolute atomic E-state index is 0.0580. The molecule has 0 aliphatic rings. The van der Waals surface area contributed by atoms with Gasteiger partial charge in [-0.05, 0) is 79.2 Å². The van der Waals surface area contributed by atoms with E-state index in [2.05, 4.69) is 16.1 Å². The van der Waals surface area contributed by atoms with Gasteiger partial charge < -0.3 is 23.7 Å². The molecule has 3 rings (SSSR count). The van der Waals surface area contributed by atoms with Crippen LogP contribution < -0.4 is 14.2 Å². The Hall–Kier alpha value is -5.32. The topological polar surface area (TPSA) is 132 Å². The van der Waals surface area contributed by atoms with E-state index in [1.807, 2.05) is 0 Å². The SMILES string of the molecule is C=CC(=O)OCOC(=O)CC(=O)Oc1ccc(C(=O)Oc2ccc(C(=O)Oc3ccc(F)cc3)cc2C)cc1. The first-order valence-electron chi connectivity index (χ1n) is 11.2. The summed E-state index contributed by atoms with van der Waals surface area (Å²) in [6, 6.07) is 14.6. The number of hydrogen-bond donors (Lipinski definition) is 0. The zero-order valence-corrected chi connectivity index (χ0v) is 20.5. The molecule has 3 aromatic rings. The lowest BCUT2D eigenvalue weighted by molar-refractivity contribution is -0.165. The van der Waals surface area contributed by atoms with Gasteiger partial charge in [0.25, 0.3) is 0 Å². The molecule has 0 spiro atoms. The minimum atomic E-state index is -0.970. The predicted molar refractivity (Wildman–Crippen MR) is 131 cm³/mol. The van der Waals surface area contributed by atoms with E-state index < -0.39 is 48.9 Å². The summed E-state index contributed by atoms with van der Waals surface area (Å²) < 4.78 is 37.6. The number of hydrogen-bond acceptors (Lipinski definition) is 10. The number of esters is 5. The van der Waals surface area contributed by atoms with Crippen LogP contribution in [0, 0.1) is 12.7 Å². The summed E-state index contributed by atoms with van der Waals surface area (Å²) in [7, 11) is 0. The van der Waals surface area contributed by atoms with E-state index in [1.54, 1.807) is 6.92 Å². The average Bonchev–Trinajstić information content (AvgIpc) is 2.91. The predicted octanol–water partition coefficient (Wildman–Crippen LogP) is 4.10. The van der Waals surface area contributed by atoms with E-state index in [0.29, 0.717) is 5.56 Å². The molecule has 0 aliphatic carbocycles. The second-order valence-corrected chi connectivity index (χ2v) is 7.69. The Labute approximate surface area is 221 Å². The van der Waals surface area contributed by atoms with Gasteiger partial charge in [0.2, 0.25) is 6.79 Å². The summed E-state index contributed by atoms with van der Waals surface area (Å²) in [5.41, 5.74) is 0.815. The molecule has 200 valence electrons. The first kappa shape index (κ1) is 28.3. The Morgan fingerprint density at radius 3 is 1.97 bits per heavy atom. The van der Waals surface area contributed by atoms with Crippen molar-refractivity contribution in [3.8, 4) is 17.2 Å². The lowest BCUT2D eigenvalue weighted by Gasteiger charge is -2.10. The molecule has 0 atom stereocenters. The molecule has 0 N–H and O–H groups in total. The zero-order valence-electron chi connectivity index (χ0n) is 20.5. The number of benzene rings is 3. The van der Waals surface area contributed by atoms with E-state index in [9.17, 15) is 28.4 Å². The van der Waals surface area contributed by atoms with Crippen LogP contribution in [0.25, 0.3) is 0 Å². The van der Waals surface area contributed by atoms with Gasteiger partial charge in [0.1, 0.15) is 29.5 Å². The third-order valence-corrected chi connectivity index (χ3v) is 4.84. The molecular formula is C28H21FO10. The van der Waals surface area contributed by atoms with Crippen molar-refractivity contribution in [1.82, 2.24) is 0 Å². The molecule has 39 heavy (non-hydrogen) atoms. The molecule has 3 aromatic carbocycles. The fourth-order valence-electron chi connectivity index (χ4n) is 2.93. The van der Waals surface area contributed by atoms with E-state index in [0.717, 1.165) is 18.2 Å². The minimum Gasteiger partial charge on any atom is -0.427 e. The van der Waals surface area contributed by atoms with Gasteiger partial charge in [0.05, 0.1) is 11.1 Å². The number of rotatable bonds is 10. The third-order valence-electron chi connectivity index (χ3n) is 4.84. The second kappa shape index (κ2) is 13.3. The van der Waals surface area contributed by atoms with E-state index in [4.69, 9.17) is 14.2 Å². The highest BCUT2D eigenvalue weighted by Gasteiger charge is 2.16. The highest BCUT2D eigenvalue weighted by atomic mass is 19.1. The van der Waals surface area contributed by atoms with Crippen molar-refractivity contribution in [3.63, 3.8) is 0 Å². The third kappa shape index (κ3) is 8.64. The molecule has 11 heteroatoms. The van der Waals surface area contributed by atoms with Gasteiger partial charge >= 0.3 is 29.8 Å². The van der Waals surface area contributed by atoms with Gasteiger partial charge in [-0.15, -0.1) is 0 Å². The fourth-order valence-corrected chi connectivity index (χ4v) is 2.93. The highest BCUT2D eigenvalue weighted by molar-refractivity contribution is 5.94. The van der Waals surface area contributed by atoms with Crippen molar-refractivity contribution in [2.45, 2.75) is 13.3 Å². The molecule has 0 unspecified atom stereocenters. The largest absolute Gasteiger partial charge is 0.427 e. The van der Waals surface area contributed by atoms with Crippen molar-refractivity contribution < 1.29 is 52.0 Å². The van der Waals surface area contributed by atoms with Gasteiger partial charge in [0.15, 0.2) is 0 Å². The Morgan fingerprint density at radius 1 is 0.744 bits per heavy atom. The van der Waals surface area contributed by atoms with Crippen molar-refractivity contribution >= 4 is 29.8 Å². The molecule has 0 saturated carbocycles. The Kier molecular flexibility index (Phi) is 9.63. The van der Waals surface area contributed by atoms with Crippen LogP contribution in [-0.2, 0) is 23.9 Å². The van der Waals surface area contributed by atoms with Crippen LogP contribution >= 0.6 is 0 Å². The maximum Gasteiger partial charge on any atom is 0.343 e. The van der Waals surface area contributed by atoms with Gasteiger partial charge in [-0.2, -0.15) is 0 Å². The number of carbonyl (C=O) groups is 5. The summed E-state index contributed by atoms with van der Waals surface area (Å²) >= 11 is 0. The van der Waals surface area contributed by atoms with Gasteiger partial charge in [0, 0.05) is 6.08 Å². The first-order chi connectivity index (χ1) is 18.6. The molecule has 0 saturated heterocycles. The Balaban J connectivity index is 1.52. The van der Waals surface area contributed by atoms with Crippen molar-refractivity contribution in [1.29, 1.82) is 0 Å². The van der Waals surface area contributed by atoms with Crippen LogP contribution in [0.3, 0.4) is 0 Å². The molecule has 0 fully saturated rings. The lowest BCUT2D eigenvalue weighted by Crippen LogP contribution is -2.18. The molecule has 10 nitrogen and oxygen atoms in total. The number of ether oxygens (including phenoxy) is 5. The van der Waals surface area contributed by atoms with E-state index in [1.165, 1.54) is 54.6 Å². The van der Waals surface area contributed by atoms with Gasteiger partial charge in [-0.1, -0.05) is 6.58 Å². The summed E-state index contributed by atoms with van der Waals surface area (Å²) in [6.07, 6.45) is 0.151. The fraction of sp³-hybridized carbons (Fsp3) is 0.107. The number of carbonyl (C=O) groups excluding carboxylic acids is 5. The van der Waals surface area contributed by atoms with Crippen LogP contribution in [0.4, 0.5) is 4.39 Å². The maximum atomic E-state index is 13.0. The smallest absolute Gasteiger partial charge is 0.343 e. The molecule has 0 bridgehead atoms. The van der Waals surface area contributed by atoms with Crippen LogP contribution in [0.1, 0.15) is 32.7 Å². The van der Waals surface area contributed by atoms with Crippen LogP contribution in [0.2, 0.25) is 0 Å². The normalized spacial score (nSPS) is 10.1. The maximum absolute atomic E-state index is 13.0. The quantitative estimate of drug-likeness (QED) is 0.123. The summed E-state index contributed by atoms with van der Waals surface area (Å²) in [5, 5.41) is 0. The molecule has 0 aliphatic heterocycles. The summed E-state index contributed by atoms with van der Waals surface area (Å²) in [5.74, 6) is -4.10. The monoisotopic (exact) mass is 536 g/mol. The Bertz CT molecular complexity index is 1390.